The number of fused-ring (bicyclic) bond motifs is 3. The van der Waals surface area contributed by atoms with Gasteiger partial charge in [-0.15, -0.1) is 4.68 Å². The summed E-state index contributed by atoms with van der Waals surface area (Å²) in [5, 5.41) is 7.61. The zero-order valence-electron chi connectivity index (χ0n) is 39.0. The molecular weight excluding hydrogens is 857 g/mol. The van der Waals surface area contributed by atoms with E-state index in [4.69, 9.17) is 19.8 Å². The number of hydrogen-bond donors (Lipinski definition) is 0. The minimum atomic E-state index is 0.554. The Balaban J connectivity index is 1.03. The quantitative estimate of drug-likeness (QED) is 0.101. The Morgan fingerprint density at radius 2 is 1.03 bits per heavy atom. The molecule has 0 amide bonds. The highest BCUT2D eigenvalue weighted by Crippen LogP contribution is 2.39. The molecule has 0 fully saturated rings. The smallest absolute Gasteiger partial charge is 0.232 e. The van der Waals surface area contributed by atoms with Crippen LogP contribution in [-0.4, -0.2) is 24.3 Å². The first-order valence-electron chi connectivity index (χ1n) is 23.5. The summed E-state index contributed by atoms with van der Waals surface area (Å²) in [6, 6.07) is 75.4. The molecule has 0 aliphatic carbocycles. The van der Waals surface area contributed by atoms with Gasteiger partial charge in [0.1, 0.15) is 17.3 Å². The Morgan fingerprint density at radius 3 is 1.67 bits per heavy atom. The molecule has 0 atom stereocenters. The fourth-order valence-corrected chi connectivity index (χ4v) is 9.81. The van der Waals surface area contributed by atoms with Gasteiger partial charge >= 0.3 is 0 Å². The van der Waals surface area contributed by atoms with Crippen molar-refractivity contribution in [3.63, 3.8) is 0 Å². The maximum absolute atomic E-state index is 7.00. The molecule has 12 rings (SSSR count). The maximum Gasteiger partial charge on any atom is 0.232 e. The molecule has 12 aromatic rings. The summed E-state index contributed by atoms with van der Waals surface area (Å²) in [6.45, 7) is 6.40. The highest BCUT2D eigenvalue weighted by Gasteiger charge is 2.23. The molecule has 0 aliphatic rings. The summed E-state index contributed by atoms with van der Waals surface area (Å²) in [7, 11) is 0. The molecule has 0 aliphatic heterocycles. The van der Waals surface area contributed by atoms with E-state index in [9.17, 15) is 0 Å². The number of rotatable bonds is 10. The summed E-state index contributed by atoms with van der Waals surface area (Å²) in [5.74, 6) is 3.38. The van der Waals surface area contributed by atoms with Crippen LogP contribution in [0.15, 0.2) is 225 Å². The molecule has 0 radical (unpaired) electrons. The van der Waals surface area contributed by atoms with E-state index in [0.717, 1.165) is 100 Å². The van der Waals surface area contributed by atoms with Crippen LogP contribution < -0.4 is 9.30 Å². The highest BCUT2D eigenvalue weighted by atomic mass is 16.5. The Kier molecular flexibility index (Phi) is 10.7. The van der Waals surface area contributed by atoms with E-state index < -0.39 is 0 Å². The van der Waals surface area contributed by atoms with Gasteiger partial charge in [-0.3, -0.25) is 9.55 Å². The Hall–Kier alpha value is -9.20. The predicted octanol–water partition coefficient (Wildman–Crippen LogP) is 14.9. The largest absolute Gasteiger partial charge is 0.458 e. The zero-order chi connectivity index (χ0) is 47.1. The first-order chi connectivity index (χ1) is 34.4. The summed E-state index contributed by atoms with van der Waals surface area (Å²) in [6.07, 6.45) is 5.69. The number of nitrogens with zero attached hydrogens (tertiary/aromatic N) is 6. The van der Waals surface area contributed by atoms with Crippen LogP contribution >= 0.6 is 0 Å². The third-order valence-corrected chi connectivity index (χ3v) is 13.1. The van der Waals surface area contributed by atoms with Crippen LogP contribution in [0.4, 0.5) is 0 Å². The third kappa shape index (κ3) is 7.69. The number of aromatic nitrogens is 6. The van der Waals surface area contributed by atoms with Crippen molar-refractivity contribution in [2.75, 3.05) is 0 Å². The molecule has 0 saturated carbocycles. The van der Waals surface area contributed by atoms with Gasteiger partial charge in [0, 0.05) is 57.5 Å². The first-order valence-corrected chi connectivity index (χ1v) is 23.5. The molecule has 0 saturated heterocycles. The van der Waals surface area contributed by atoms with Crippen LogP contribution in [0.25, 0.3) is 95.2 Å². The van der Waals surface area contributed by atoms with Crippen molar-refractivity contribution in [1.29, 1.82) is 0 Å². The van der Waals surface area contributed by atoms with Crippen molar-refractivity contribution in [2.24, 2.45) is 0 Å². The van der Waals surface area contributed by atoms with Gasteiger partial charge in [0.2, 0.25) is 12.2 Å². The summed E-state index contributed by atoms with van der Waals surface area (Å²) < 4.78 is 13.1. The van der Waals surface area contributed by atoms with Gasteiger partial charge in [0.05, 0.1) is 16.7 Å². The van der Waals surface area contributed by atoms with Crippen molar-refractivity contribution in [1.82, 2.24) is 24.3 Å². The van der Waals surface area contributed by atoms with Gasteiger partial charge in [-0.25, -0.2) is 4.98 Å². The number of benzene rings is 8. The fraction of sp³-hybridized carbons (Fsp3) is 0.0476. The standard InChI is InChI=1S/C63H46N6O/c1-42-20-18-21-43(2)61(42)56-37-50(70-49-34-35-54-53-30-16-17-33-57(53)69(58(54)38-49)59-36-44(3)55(40-64-59)47-26-12-6-13-27-47)39-60(65-56)68-41-67(63(66-68)48-28-14-7-15-29-48)62-51(45-22-8-4-9-23-45)31-19-32-52(62)46-24-10-5-11-25-46/h4-40H,1-3H3. The summed E-state index contributed by atoms with van der Waals surface area (Å²) in [4.78, 5) is 10.4. The number of aryl methyl sites for hydroxylation is 3. The van der Waals surface area contributed by atoms with E-state index in [1.165, 1.54) is 0 Å². The lowest BCUT2D eigenvalue weighted by molar-refractivity contribution is -0.587. The maximum atomic E-state index is 7.00. The van der Waals surface area contributed by atoms with Gasteiger partial charge in [-0.1, -0.05) is 176 Å². The van der Waals surface area contributed by atoms with Crippen molar-refractivity contribution in [3.8, 4) is 84.8 Å². The van der Waals surface area contributed by atoms with E-state index in [1.54, 1.807) is 4.68 Å². The van der Waals surface area contributed by atoms with Gasteiger partial charge in [-0.2, -0.15) is 0 Å². The zero-order valence-corrected chi connectivity index (χ0v) is 39.0. The van der Waals surface area contributed by atoms with E-state index in [2.05, 4.69) is 200 Å². The normalized spacial score (nSPS) is 11.4. The number of hydrogen-bond acceptors (Lipinski definition) is 4. The van der Waals surface area contributed by atoms with E-state index in [-0.39, 0.29) is 0 Å². The lowest BCUT2D eigenvalue weighted by atomic mass is 9.95. The van der Waals surface area contributed by atoms with Gasteiger partial charge < -0.3 is 9.30 Å². The minimum Gasteiger partial charge on any atom is -0.458 e. The molecule has 8 aromatic carbocycles. The number of para-hydroxylation sites is 2. The molecule has 0 spiro atoms. The molecule has 334 valence electrons. The summed E-state index contributed by atoms with van der Waals surface area (Å²) >= 11 is 0. The molecule has 7 heteroatoms. The topological polar surface area (TPSA) is 61.6 Å². The molecular formula is C63H46N6O. The minimum absolute atomic E-state index is 0.554. The Morgan fingerprint density at radius 1 is 0.457 bits per heavy atom. The second-order valence-corrected chi connectivity index (χ2v) is 17.6. The number of ether oxygens (including phenoxy) is 1. The lowest BCUT2D eigenvalue weighted by Gasteiger charge is -2.19. The highest BCUT2D eigenvalue weighted by molar-refractivity contribution is 6.09. The molecule has 4 heterocycles. The van der Waals surface area contributed by atoms with Crippen LogP contribution in [0, 0.1) is 27.1 Å². The Labute approximate surface area is 406 Å². The average Bonchev–Trinajstić information content (AvgIpc) is 3.99. The van der Waals surface area contributed by atoms with E-state index >= 15 is 0 Å². The van der Waals surface area contributed by atoms with E-state index in [0.29, 0.717) is 23.1 Å². The second kappa shape index (κ2) is 17.8. The molecule has 4 aromatic heterocycles. The predicted molar refractivity (Wildman–Crippen MR) is 282 cm³/mol. The monoisotopic (exact) mass is 902 g/mol. The van der Waals surface area contributed by atoms with Crippen LogP contribution in [0.1, 0.15) is 16.7 Å². The fourth-order valence-electron chi connectivity index (χ4n) is 9.81. The molecule has 7 nitrogen and oxygen atoms in total. The van der Waals surface area contributed by atoms with Crippen molar-refractivity contribution in [3.05, 3.63) is 248 Å². The molecule has 70 heavy (non-hydrogen) atoms. The van der Waals surface area contributed by atoms with Gasteiger partial charge in [-0.05, 0) is 94.6 Å². The van der Waals surface area contributed by atoms with Crippen LogP contribution in [0.3, 0.4) is 0 Å². The van der Waals surface area contributed by atoms with Gasteiger partial charge in [0.25, 0.3) is 0 Å². The first kappa shape index (κ1) is 42.2. The van der Waals surface area contributed by atoms with Crippen molar-refractivity contribution in [2.45, 2.75) is 20.8 Å². The van der Waals surface area contributed by atoms with Crippen molar-refractivity contribution >= 4 is 21.8 Å². The second-order valence-electron chi connectivity index (χ2n) is 17.6. The SMILES string of the molecule is Cc1cc(-n2c3ccccc3c3ccc(Oc4cc(-c5c(C)cccc5C)nc(-n5[c-][n+](-c6c(-c7ccccc7)cccc6-c6ccccc6)c(-c6ccccc6)n5)c4)cc32)ncc1-c1ccccc1. The molecule has 0 bridgehead atoms. The molecule has 0 unspecified atom stereocenters. The Bertz CT molecular complexity index is 3800. The average molecular weight is 903 g/mol. The lowest BCUT2D eigenvalue weighted by Crippen LogP contribution is -2.33. The summed E-state index contributed by atoms with van der Waals surface area (Å²) in [5.41, 5.74) is 15.6. The van der Waals surface area contributed by atoms with Gasteiger partial charge in [0.15, 0.2) is 5.82 Å². The third-order valence-electron chi connectivity index (χ3n) is 13.1. The van der Waals surface area contributed by atoms with Crippen LogP contribution in [0.2, 0.25) is 0 Å². The van der Waals surface area contributed by atoms with E-state index in [1.807, 2.05) is 60.8 Å². The molecule has 0 N–H and O–H groups in total. The van der Waals surface area contributed by atoms with Crippen LogP contribution in [-0.2, 0) is 0 Å². The van der Waals surface area contributed by atoms with Crippen LogP contribution in [0.5, 0.6) is 11.5 Å². The number of pyridine rings is 2. The van der Waals surface area contributed by atoms with Crippen molar-refractivity contribution < 1.29 is 9.30 Å².